The molecule has 0 unspecified atom stereocenters. The highest BCUT2D eigenvalue weighted by atomic mass is 14.2. The average molecular weight is 455 g/mol. The summed E-state index contributed by atoms with van der Waals surface area (Å²) >= 11 is 0. The molecule has 0 bridgehead atoms. The molecule has 35 heavy (non-hydrogen) atoms. The van der Waals surface area contributed by atoms with Crippen LogP contribution in [0.25, 0.3) is 0 Å². The zero-order chi connectivity index (χ0) is 24.0. The first kappa shape index (κ1) is 24.2. The van der Waals surface area contributed by atoms with Crippen LogP contribution in [-0.4, -0.2) is 0 Å². The molecular weight excluding hydrogens is 420 g/mol. The SMILES string of the molecule is c1ccc(CC(Cc2ccccc2)c2ccccc2)cc1.c1ccc(CCc2ccccc2)cc1. The van der Waals surface area contributed by atoms with E-state index in [1.165, 1.54) is 27.8 Å². The third-order valence-corrected chi connectivity index (χ3v) is 6.31. The number of aryl methyl sites for hydroxylation is 2. The summed E-state index contributed by atoms with van der Waals surface area (Å²) in [5, 5.41) is 0. The standard InChI is InChI=1S/C21H20.C14H14/c1-4-10-18(11-5-1)16-21(20-14-8-3-9-15-20)17-19-12-6-2-7-13-19;1-3-7-13(8-4-1)11-12-14-9-5-2-6-10-14/h1-15,21H,16-17H2;1-10H,11-12H2. The molecule has 0 spiro atoms. The first-order chi connectivity index (χ1) is 17.4. The summed E-state index contributed by atoms with van der Waals surface area (Å²) in [5.74, 6) is 0.524. The number of hydrogen-bond acceptors (Lipinski definition) is 0. The Morgan fingerprint density at radius 1 is 0.314 bits per heavy atom. The summed E-state index contributed by atoms with van der Waals surface area (Å²) in [6, 6.07) is 53.7. The van der Waals surface area contributed by atoms with Crippen LogP contribution in [0.1, 0.15) is 33.7 Å². The summed E-state index contributed by atoms with van der Waals surface area (Å²) in [5.41, 5.74) is 7.06. The molecule has 0 N–H and O–H groups in total. The Bertz CT molecular complexity index is 1120. The van der Waals surface area contributed by atoms with Crippen molar-refractivity contribution in [3.05, 3.63) is 179 Å². The summed E-state index contributed by atoms with van der Waals surface area (Å²) < 4.78 is 0. The third-order valence-electron chi connectivity index (χ3n) is 6.31. The van der Waals surface area contributed by atoms with Crippen LogP contribution in [0.15, 0.2) is 152 Å². The van der Waals surface area contributed by atoms with Gasteiger partial charge < -0.3 is 0 Å². The van der Waals surface area contributed by atoms with E-state index in [4.69, 9.17) is 0 Å². The molecule has 0 saturated carbocycles. The van der Waals surface area contributed by atoms with Gasteiger partial charge in [0.15, 0.2) is 0 Å². The monoisotopic (exact) mass is 454 g/mol. The molecule has 0 fully saturated rings. The molecule has 0 nitrogen and oxygen atoms in total. The van der Waals surface area contributed by atoms with Gasteiger partial charge in [0.25, 0.3) is 0 Å². The highest BCUT2D eigenvalue weighted by Crippen LogP contribution is 2.25. The Kier molecular flexibility index (Phi) is 9.50. The maximum Gasteiger partial charge on any atom is -0.00810 e. The minimum atomic E-state index is 0.524. The van der Waals surface area contributed by atoms with Crippen LogP contribution in [0.4, 0.5) is 0 Å². The fourth-order valence-corrected chi connectivity index (χ4v) is 4.41. The van der Waals surface area contributed by atoms with Gasteiger partial charge in [-0.2, -0.15) is 0 Å². The molecule has 0 heterocycles. The molecule has 0 aliphatic rings. The molecule has 0 radical (unpaired) electrons. The number of rotatable bonds is 8. The molecule has 0 aromatic heterocycles. The van der Waals surface area contributed by atoms with Crippen molar-refractivity contribution in [2.45, 2.75) is 31.6 Å². The zero-order valence-electron chi connectivity index (χ0n) is 20.3. The molecule has 5 aromatic carbocycles. The van der Waals surface area contributed by atoms with Crippen LogP contribution in [0.3, 0.4) is 0 Å². The largest absolute Gasteiger partial charge is 0.0622 e. The highest BCUT2D eigenvalue weighted by Gasteiger charge is 2.13. The highest BCUT2D eigenvalue weighted by molar-refractivity contribution is 5.28. The minimum Gasteiger partial charge on any atom is -0.0622 e. The van der Waals surface area contributed by atoms with E-state index >= 15 is 0 Å². The van der Waals surface area contributed by atoms with Gasteiger partial charge in [-0.25, -0.2) is 0 Å². The Hall–Kier alpha value is -3.90. The van der Waals surface area contributed by atoms with Crippen molar-refractivity contribution < 1.29 is 0 Å². The van der Waals surface area contributed by atoms with Crippen LogP contribution < -0.4 is 0 Å². The van der Waals surface area contributed by atoms with E-state index in [2.05, 4.69) is 152 Å². The normalized spacial score (nSPS) is 10.4. The lowest BCUT2D eigenvalue weighted by molar-refractivity contribution is 0.680. The molecule has 0 heteroatoms. The summed E-state index contributed by atoms with van der Waals surface area (Å²) in [6.07, 6.45) is 4.43. The topological polar surface area (TPSA) is 0 Å². The summed E-state index contributed by atoms with van der Waals surface area (Å²) in [4.78, 5) is 0. The van der Waals surface area contributed by atoms with Crippen molar-refractivity contribution in [2.75, 3.05) is 0 Å². The van der Waals surface area contributed by atoms with Gasteiger partial charge in [0.05, 0.1) is 0 Å². The van der Waals surface area contributed by atoms with E-state index in [1.54, 1.807) is 0 Å². The maximum atomic E-state index is 2.25. The molecule has 0 aliphatic carbocycles. The van der Waals surface area contributed by atoms with Crippen molar-refractivity contribution >= 4 is 0 Å². The maximum absolute atomic E-state index is 2.25. The molecule has 174 valence electrons. The van der Waals surface area contributed by atoms with E-state index < -0.39 is 0 Å². The minimum absolute atomic E-state index is 0.524. The number of hydrogen-bond donors (Lipinski definition) is 0. The number of benzene rings is 5. The van der Waals surface area contributed by atoms with Crippen LogP contribution in [0, 0.1) is 0 Å². The van der Waals surface area contributed by atoms with Gasteiger partial charge >= 0.3 is 0 Å². The second kappa shape index (κ2) is 13.7. The van der Waals surface area contributed by atoms with Gasteiger partial charge in [-0.3, -0.25) is 0 Å². The van der Waals surface area contributed by atoms with Gasteiger partial charge in [0.2, 0.25) is 0 Å². The molecule has 5 aromatic rings. The van der Waals surface area contributed by atoms with Gasteiger partial charge in [-0.1, -0.05) is 152 Å². The lowest BCUT2D eigenvalue weighted by Gasteiger charge is -2.18. The fourth-order valence-electron chi connectivity index (χ4n) is 4.41. The van der Waals surface area contributed by atoms with Crippen LogP contribution in [0.2, 0.25) is 0 Å². The van der Waals surface area contributed by atoms with E-state index in [9.17, 15) is 0 Å². The average Bonchev–Trinajstić information content (AvgIpc) is 2.95. The van der Waals surface area contributed by atoms with E-state index in [0.29, 0.717) is 5.92 Å². The molecule has 0 saturated heterocycles. The van der Waals surface area contributed by atoms with Crippen molar-refractivity contribution in [3.63, 3.8) is 0 Å². The van der Waals surface area contributed by atoms with Crippen LogP contribution in [-0.2, 0) is 25.7 Å². The van der Waals surface area contributed by atoms with Gasteiger partial charge in [0.1, 0.15) is 0 Å². The van der Waals surface area contributed by atoms with Gasteiger partial charge in [-0.05, 0) is 59.4 Å². The molecule has 0 atom stereocenters. The first-order valence-electron chi connectivity index (χ1n) is 12.6. The first-order valence-corrected chi connectivity index (χ1v) is 12.6. The van der Waals surface area contributed by atoms with Crippen LogP contribution in [0.5, 0.6) is 0 Å². The van der Waals surface area contributed by atoms with Gasteiger partial charge in [0, 0.05) is 0 Å². The van der Waals surface area contributed by atoms with Crippen LogP contribution >= 0.6 is 0 Å². The summed E-state index contributed by atoms with van der Waals surface area (Å²) in [7, 11) is 0. The molecular formula is C35H34. The summed E-state index contributed by atoms with van der Waals surface area (Å²) in [6.45, 7) is 0. The van der Waals surface area contributed by atoms with Crippen molar-refractivity contribution in [2.24, 2.45) is 0 Å². The van der Waals surface area contributed by atoms with E-state index in [-0.39, 0.29) is 0 Å². The zero-order valence-corrected chi connectivity index (χ0v) is 20.3. The lowest BCUT2D eigenvalue weighted by atomic mass is 9.87. The Balaban J connectivity index is 0.000000179. The molecule has 0 aliphatic heterocycles. The Morgan fingerprint density at radius 3 is 0.943 bits per heavy atom. The third kappa shape index (κ3) is 8.43. The van der Waals surface area contributed by atoms with Crippen molar-refractivity contribution in [1.29, 1.82) is 0 Å². The Morgan fingerprint density at radius 2 is 0.600 bits per heavy atom. The predicted molar refractivity (Wildman–Crippen MR) is 150 cm³/mol. The van der Waals surface area contributed by atoms with E-state index in [1.807, 2.05) is 0 Å². The predicted octanol–water partition coefficient (Wildman–Crippen LogP) is 8.73. The quantitative estimate of drug-likeness (QED) is 0.220. The van der Waals surface area contributed by atoms with E-state index in [0.717, 1.165) is 25.7 Å². The second-order valence-corrected chi connectivity index (χ2v) is 8.96. The smallest absolute Gasteiger partial charge is 0.00810 e. The molecule has 0 amide bonds. The fraction of sp³-hybridized carbons (Fsp3) is 0.143. The lowest BCUT2D eigenvalue weighted by Crippen LogP contribution is -2.06. The van der Waals surface area contributed by atoms with Gasteiger partial charge in [-0.15, -0.1) is 0 Å². The second-order valence-electron chi connectivity index (χ2n) is 8.96. The van der Waals surface area contributed by atoms with Crippen molar-refractivity contribution in [3.8, 4) is 0 Å². The molecule has 5 rings (SSSR count). The Labute approximate surface area is 210 Å². The van der Waals surface area contributed by atoms with Crippen molar-refractivity contribution in [1.82, 2.24) is 0 Å².